The van der Waals surface area contributed by atoms with E-state index in [-0.39, 0.29) is 5.91 Å². The molecule has 1 aliphatic heterocycles. The predicted octanol–water partition coefficient (Wildman–Crippen LogP) is 2.09. The molecule has 0 aromatic heterocycles. The number of carbonyl (C=O) groups excluding carboxylic acids is 1. The molecule has 1 aliphatic rings. The summed E-state index contributed by atoms with van der Waals surface area (Å²) in [5, 5.41) is 0. The Morgan fingerprint density at radius 1 is 1.39 bits per heavy atom. The van der Waals surface area contributed by atoms with Crippen molar-refractivity contribution < 1.29 is 4.79 Å². The van der Waals surface area contributed by atoms with Gasteiger partial charge in [0.1, 0.15) is 0 Å². The summed E-state index contributed by atoms with van der Waals surface area (Å²) in [5.74, 6) is 0.250. The van der Waals surface area contributed by atoms with E-state index in [1.807, 2.05) is 29.2 Å². The van der Waals surface area contributed by atoms with Gasteiger partial charge in [0, 0.05) is 19.1 Å². The number of nitrogens with zero attached hydrogens (tertiary/aromatic N) is 1. The fraction of sp³-hybridized carbons (Fsp3) is 0.533. The lowest BCUT2D eigenvalue weighted by Crippen LogP contribution is -2.36. The van der Waals surface area contributed by atoms with Gasteiger partial charge in [-0.25, -0.2) is 0 Å². The van der Waals surface area contributed by atoms with Crippen LogP contribution < -0.4 is 5.73 Å². The maximum atomic E-state index is 12.3. The molecular weight excluding hydrogens is 224 g/mol. The van der Waals surface area contributed by atoms with Crippen LogP contribution in [0.1, 0.15) is 37.3 Å². The number of nitrogens with two attached hydrogens (primary N) is 1. The minimum Gasteiger partial charge on any atom is -0.339 e. The van der Waals surface area contributed by atoms with E-state index >= 15 is 0 Å². The Hall–Kier alpha value is -1.35. The van der Waals surface area contributed by atoms with Gasteiger partial charge in [-0.2, -0.15) is 0 Å². The van der Waals surface area contributed by atoms with Crippen LogP contribution in [0.25, 0.3) is 0 Å². The molecule has 0 spiro atoms. The minimum absolute atomic E-state index is 0.250. The topological polar surface area (TPSA) is 46.3 Å². The number of amides is 1. The number of hydrogen-bond acceptors (Lipinski definition) is 2. The largest absolute Gasteiger partial charge is 0.339 e. The molecule has 0 saturated carbocycles. The molecule has 2 N–H and O–H groups in total. The molecule has 0 aliphatic carbocycles. The summed E-state index contributed by atoms with van der Waals surface area (Å²) in [5.41, 5.74) is 7.87. The van der Waals surface area contributed by atoms with Crippen LogP contribution in [0.4, 0.5) is 0 Å². The zero-order chi connectivity index (χ0) is 13.0. The van der Waals surface area contributed by atoms with Crippen LogP contribution in [0.3, 0.4) is 0 Å². The summed E-state index contributed by atoms with van der Waals surface area (Å²) in [6.45, 7) is 3.58. The first kappa shape index (κ1) is 13.1. The molecule has 98 valence electrons. The molecule has 1 aromatic rings. The first-order chi connectivity index (χ1) is 8.76. The molecule has 3 heteroatoms. The van der Waals surface area contributed by atoms with Crippen molar-refractivity contribution in [3.8, 4) is 0 Å². The fourth-order valence-corrected chi connectivity index (χ4v) is 2.78. The Bertz CT molecular complexity index is 417. The van der Waals surface area contributed by atoms with Crippen LogP contribution in [0.15, 0.2) is 24.3 Å². The second-order valence-corrected chi connectivity index (χ2v) is 4.94. The Kier molecular flexibility index (Phi) is 4.37. The second-order valence-electron chi connectivity index (χ2n) is 4.94. The highest BCUT2D eigenvalue weighted by atomic mass is 16.2. The second kappa shape index (κ2) is 6.01. The van der Waals surface area contributed by atoms with Crippen molar-refractivity contribution in [2.75, 3.05) is 6.54 Å². The zero-order valence-electron chi connectivity index (χ0n) is 11.1. The van der Waals surface area contributed by atoms with E-state index in [2.05, 4.69) is 6.92 Å². The van der Waals surface area contributed by atoms with Crippen molar-refractivity contribution in [3.63, 3.8) is 0 Å². The average Bonchev–Trinajstić information content (AvgIpc) is 2.87. The maximum Gasteiger partial charge on any atom is 0.227 e. The molecule has 0 radical (unpaired) electrons. The van der Waals surface area contributed by atoms with Crippen LogP contribution in [-0.4, -0.2) is 23.4 Å². The minimum atomic E-state index is 0.250. The van der Waals surface area contributed by atoms with Crippen LogP contribution in [0.5, 0.6) is 0 Å². The summed E-state index contributed by atoms with van der Waals surface area (Å²) in [6.07, 6.45) is 3.84. The van der Waals surface area contributed by atoms with Crippen molar-refractivity contribution in [1.29, 1.82) is 0 Å². The number of likely N-dealkylation sites (tertiary alicyclic amines) is 1. The van der Waals surface area contributed by atoms with Gasteiger partial charge < -0.3 is 10.6 Å². The van der Waals surface area contributed by atoms with E-state index in [1.165, 1.54) is 0 Å². The average molecular weight is 246 g/mol. The normalized spacial score (nSPS) is 19.2. The summed E-state index contributed by atoms with van der Waals surface area (Å²) in [7, 11) is 0. The molecule has 3 nitrogen and oxygen atoms in total. The molecule has 1 fully saturated rings. The Morgan fingerprint density at radius 3 is 2.78 bits per heavy atom. The van der Waals surface area contributed by atoms with E-state index in [0.29, 0.717) is 19.0 Å². The van der Waals surface area contributed by atoms with Gasteiger partial charge in [0.05, 0.1) is 6.42 Å². The Labute approximate surface area is 109 Å². The van der Waals surface area contributed by atoms with E-state index in [4.69, 9.17) is 5.73 Å². The molecule has 18 heavy (non-hydrogen) atoms. The van der Waals surface area contributed by atoms with Gasteiger partial charge in [-0.1, -0.05) is 31.2 Å². The van der Waals surface area contributed by atoms with Gasteiger partial charge in [-0.15, -0.1) is 0 Å². The third kappa shape index (κ3) is 2.72. The Morgan fingerprint density at radius 2 is 2.11 bits per heavy atom. The summed E-state index contributed by atoms with van der Waals surface area (Å²) < 4.78 is 0. The molecule has 1 heterocycles. The SMILES string of the molecule is CCC1CCCN1C(=O)Cc1ccccc1CN. The molecule has 1 unspecified atom stereocenters. The molecule has 1 atom stereocenters. The van der Waals surface area contributed by atoms with Crippen molar-refractivity contribution >= 4 is 5.91 Å². The maximum absolute atomic E-state index is 12.3. The molecule has 1 amide bonds. The quantitative estimate of drug-likeness (QED) is 0.884. The van der Waals surface area contributed by atoms with Gasteiger partial charge >= 0.3 is 0 Å². The standard InChI is InChI=1S/C15H22N2O/c1-2-14-8-5-9-17(14)15(18)10-12-6-3-4-7-13(12)11-16/h3-4,6-7,14H,2,5,8-11,16H2,1H3. The van der Waals surface area contributed by atoms with Crippen molar-refractivity contribution in [2.45, 2.75) is 45.2 Å². The highest BCUT2D eigenvalue weighted by Crippen LogP contribution is 2.21. The summed E-state index contributed by atoms with van der Waals surface area (Å²) >= 11 is 0. The highest BCUT2D eigenvalue weighted by molar-refractivity contribution is 5.79. The van der Waals surface area contributed by atoms with Crippen LogP contribution in [0, 0.1) is 0 Å². The van der Waals surface area contributed by atoms with Gasteiger partial charge in [-0.05, 0) is 30.4 Å². The molecule has 2 rings (SSSR count). The summed E-state index contributed by atoms with van der Waals surface area (Å²) in [6, 6.07) is 8.41. The van der Waals surface area contributed by atoms with Gasteiger partial charge in [-0.3, -0.25) is 4.79 Å². The van der Waals surface area contributed by atoms with Crippen molar-refractivity contribution in [1.82, 2.24) is 4.90 Å². The molecular formula is C15H22N2O. The fourth-order valence-electron chi connectivity index (χ4n) is 2.78. The number of carbonyl (C=O) groups is 1. The Balaban J connectivity index is 2.07. The lowest BCUT2D eigenvalue weighted by Gasteiger charge is -2.24. The molecule has 1 aromatic carbocycles. The number of hydrogen-bond donors (Lipinski definition) is 1. The predicted molar refractivity (Wildman–Crippen MR) is 73.1 cm³/mol. The van der Waals surface area contributed by atoms with Crippen LogP contribution in [-0.2, 0) is 17.8 Å². The lowest BCUT2D eigenvalue weighted by atomic mass is 10.0. The number of rotatable bonds is 4. The summed E-state index contributed by atoms with van der Waals surface area (Å²) in [4.78, 5) is 14.4. The highest BCUT2D eigenvalue weighted by Gasteiger charge is 2.27. The third-order valence-electron chi connectivity index (χ3n) is 3.85. The first-order valence-electron chi connectivity index (χ1n) is 6.82. The number of benzene rings is 1. The van der Waals surface area contributed by atoms with Gasteiger partial charge in [0.15, 0.2) is 0 Å². The molecule has 1 saturated heterocycles. The van der Waals surface area contributed by atoms with Crippen molar-refractivity contribution in [2.24, 2.45) is 5.73 Å². The van der Waals surface area contributed by atoms with Gasteiger partial charge in [0.25, 0.3) is 0 Å². The van der Waals surface area contributed by atoms with Crippen LogP contribution >= 0.6 is 0 Å². The first-order valence-corrected chi connectivity index (χ1v) is 6.82. The lowest BCUT2D eigenvalue weighted by molar-refractivity contribution is -0.131. The third-order valence-corrected chi connectivity index (χ3v) is 3.85. The zero-order valence-corrected chi connectivity index (χ0v) is 11.1. The monoisotopic (exact) mass is 246 g/mol. The molecule has 0 bridgehead atoms. The van der Waals surface area contributed by atoms with E-state index in [0.717, 1.165) is 36.9 Å². The smallest absolute Gasteiger partial charge is 0.227 e. The van der Waals surface area contributed by atoms with E-state index in [1.54, 1.807) is 0 Å². The van der Waals surface area contributed by atoms with Gasteiger partial charge in [0.2, 0.25) is 5.91 Å². The van der Waals surface area contributed by atoms with E-state index < -0.39 is 0 Å². The van der Waals surface area contributed by atoms with E-state index in [9.17, 15) is 4.79 Å². The van der Waals surface area contributed by atoms with Crippen molar-refractivity contribution in [3.05, 3.63) is 35.4 Å². The van der Waals surface area contributed by atoms with Crippen LogP contribution in [0.2, 0.25) is 0 Å².